The first-order valence-corrected chi connectivity index (χ1v) is 12.2. The zero-order valence-corrected chi connectivity index (χ0v) is 20.5. The van der Waals surface area contributed by atoms with Crippen LogP contribution in [-0.4, -0.2) is 62.7 Å². The van der Waals surface area contributed by atoms with Crippen LogP contribution in [-0.2, 0) is 7.05 Å². The molecular formula is C25H32N6O4. The van der Waals surface area contributed by atoms with E-state index in [1.807, 2.05) is 27.7 Å². The average molecular weight is 481 g/mol. The Balaban J connectivity index is 1.30. The van der Waals surface area contributed by atoms with Crippen LogP contribution < -0.4 is 15.2 Å². The van der Waals surface area contributed by atoms with E-state index >= 15 is 0 Å². The summed E-state index contributed by atoms with van der Waals surface area (Å²) in [4.78, 5) is 27.8. The largest absolute Gasteiger partial charge is 0.497 e. The molecule has 2 fully saturated rings. The summed E-state index contributed by atoms with van der Waals surface area (Å²) in [6.45, 7) is 1.21. The van der Waals surface area contributed by atoms with Crippen molar-refractivity contribution in [2.75, 3.05) is 27.3 Å². The van der Waals surface area contributed by atoms with Gasteiger partial charge in [-0.1, -0.05) is 12.8 Å². The number of H-pyrrole nitrogens is 1. The number of nitrogens with one attached hydrogen (secondary N) is 1. The normalized spacial score (nSPS) is 17.2. The van der Waals surface area contributed by atoms with Gasteiger partial charge in [-0.25, -0.2) is 9.48 Å². The van der Waals surface area contributed by atoms with Crippen LogP contribution in [0.5, 0.6) is 11.5 Å². The van der Waals surface area contributed by atoms with Crippen LogP contribution in [0.4, 0.5) is 0 Å². The van der Waals surface area contributed by atoms with Crippen molar-refractivity contribution in [2.45, 2.75) is 50.5 Å². The summed E-state index contributed by atoms with van der Waals surface area (Å²) in [5.74, 6) is 2.31. The first-order valence-electron chi connectivity index (χ1n) is 12.2. The van der Waals surface area contributed by atoms with E-state index < -0.39 is 0 Å². The van der Waals surface area contributed by atoms with Crippen LogP contribution >= 0.6 is 0 Å². The number of methoxy groups -OCH3 is 2. The summed E-state index contributed by atoms with van der Waals surface area (Å²) in [5, 5.41) is 11.8. The van der Waals surface area contributed by atoms with Gasteiger partial charge in [0, 0.05) is 37.7 Å². The smallest absolute Gasteiger partial charge is 0.345 e. The highest BCUT2D eigenvalue weighted by atomic mass is 16.5. The summed E-state index contributed by atoms with van der Waals surface area (Å²) in [6, 6.07) is 7.48. The number of benzene rings is 1. The summed E-state index contributed by atoms with van der Waals surface area (Å²) in [6.07, 6.45) is 5.95. The Kier molecular flexibility index (Phi) is 6.36. The van der Waals surface area contributed by atoms with Gasteiger partial charge in [-0.15, -0.1) is 0 Å². The molecule has 3 heterocycles. The van der Waals surface area contributed by atoms with Gasteiger partial charge in [-0.3, -0.25) is 14.5 Å². The number of hydrogen-bond acceptors (Lipinski definition) is 6. The molecule has 35 heavy (non-hydrogen) atoms. The van der Waals surface area contributed by atoms with E-state index in [0.29, 0.717) is 36.0 Å². The maximum atomic E-state index is 13.2. The third kappa shape index (κ3) is 4.33. The Morgan fingerprint density at radius 3 is 2.49 bits per heavy atom. The summed E-state index contributed by atoms with van der Waals surface area (Å²) in [5.41, 5.74) is 1.78. The standard InChI is InChI=1S/C25H32N6O4/c1-29-25(33)31(17-6-4-5-7-17)23(28-29)16-10-12-30(13-11-16)24(32)21-15-20(26-27-21)19-14-18(34-2)8-9-22(19)35-3/h8-9,14-17H,4-7,10-13H2,1-3H3,(H,26,27). The van der Waals surface area contributed by atoms with Crippen molar-refractivity contribution in [3.05, 3.63) is 46.3 Å². The van der Waals surface area contributed by atoms with E-state index in [-0.39, 0.29) is 23.6 Å². The van der Waals surface area contributed by atoms with Crippen LogP contribution in [0.15, 0.2) is 29.1 Å². The van der Waals surface area contributed by atoms with E-state index in [1.54, 1.807) is 27.3 Å². The third-order valence-electron chi connectivity index (χ3n) is 7.31. The van der Waals surface area contributed by atoms with Crippen LogP contribution in [0.2, 0.25) is 0 Å². The fourth-order valence-corrected chi connectivity index (χ4v) is 5.38. The van der Waals surface area contributed by atoms with Crippen molar-refractivity contribution in [3.8, 4) is 22.8 Å². The van der Waals surface area contributed by atoms with Crippen molar-refractivity contribution in [2.24, 2.45) is 7.05 Å². The topological polar surface area (TPSA) is 107 Å². The number of carbonyl (C=O) groups excluding carboxylic acids is 1. The van der Waals surface area contributed by atoms with Gasteiger partial charge in [0.05, 0.1) is 19.9 Å². The molecule has 1 N–H and O–H groups in total. The number of rotatable bonds is 6. The van der Waals surface area contributed by atoms with Gasteiger partial charge < -0.3 is 14.4 Å². The molecule has 0 atom stereocenters. The third-order valence-corrected chi connectivity index (χ3v) is 7.31. The number of amides is 1. The fraction of sp³-hybridized carbons (Fsp3) is 0.520. The summed E-state index contributed by atoms with van der Waals surface area (Å²) < 4.78 is 14.2. The number of ether oxygens (including phenoxy) is 2. The molecule has 1 aliphatic carbocycles. The molecule has 0 radical (unpaired) electrons. The highest BCUT2D eigenvalue weighted by Crippen LogP contribution is 2.35. The van der Waals surface area contributed by atoms with Crippen molar-refractivity contribution in [3.63, 3.8) is 0 Å². The number of piperidine rings is 1. The molecule has 2 aromatic heterocycles. The number of carbonyl (C=O) groups is 1. The summed E-state index contributed by atoms with van der Waals surface area (Å²) >= 11 is 0. The molecule has 0 bridgehead atoms. The van der Waals surface area contributed by atoms with Gasteiger partial charge in [0.1, 0.15) is 23.0 Å². The predicted molar refractivity (Wildman–Crippen MR) is 130 cm³/mol. The monoisotopic (exact) mass is 480 g/mol. The quantitative estimate of drug-likeness (QED) is 0.581. The minimum absolute atomic E-state index is 0.0247. The van der Waals surface area contributed by atoms with E-state index in [0.717, 1.165) is 49.9 Å². The first kappa shape index (κ1) is 23.2. The highest BCUT2D eigenvalue weighted by Gasteiger charge is 2.32. The Bertz CT molecular complexity index is 1260. The van der Waals surface area contributed by atoms with Gasteiger partial charge in [0.2, 0.25) is 0 Å². The van der Waals surface area contributed by atoms with Crippen LogP contribution in [0.1, 0.15) is 66.8 Å². The van der Waals surface area contributed by atoms with Crippen LogP contribution in [0.25, 0.3) is 11.3 Å². The number of hydrogen-bond donors (Lipinski definition) is 1. The van der Waals surface area contributed by atoms with Gasteiger partial charge >= 0.3 is 5.69 Å². The Labute approximate surface area is 203 Å². The van der Waals surface area contributed by atoms with Crippen molar-refractivity contribution in [1.29, 1.82) is 0 Å². The lowest BCUT2D eigenvalue weighted by Crippen LogP contribution is -2.39. The van der Waals surface area contributed by atoms with E-state index in [4.69, 9.17) is 9.47 Å². The highest BCUT2D eigenvalue weighted by molar-refractivity contribution is 5.93. The molecule has 0 unspecified atom stereocenters. The van der Waals surface area contributed by atoms with E-state index in [1.165, 1.54) is 4.68 Å². The average Bonchev–Trinajstić information content (AvgIpc) is 3.65. The SMILES string of the molecule is COc1ccc(OC)c(-c2cc(C(=O)N3CCC(c4nn(C)c(=O)n4C4CCCC4)CC3)[nH]n2)c1. The molecule has 10 nitrogen and oxygen atoms in total. The maximum absolute atomic E-state index is 13.2. The fourth-order valence-electron chi connectivity index (χ4n) is 5.38. The predicted octanol–water partition coefficient (Wildman–Crippen LogP) is 3.12. The van der Waals surface area contributed by atoms with Gasteiger partial charge in [0.15, 0.2) is 0 Å². The molecule has 1 saturated carbocycles. The molecule has 1 saturated heterocycles. The minimum atomic E-state index is -0.0849. The van der Waals surface area contributed by atoms with Crippen LogP contribution in [0, 0.1) is 0 Å². The van der Waals surface area contributed by atoms with Gasteiger partial charge in [-0.05, 0) is 49.9 Å². The second kappa shape index (κ2) is 9.59. The second-order valence-corrected chi connectivity index (χ2v) is 9.37. The van der Waals surface area contributed by atoms with Gasteiger partial charge in [-0.2, -0.15) is 10.2 Å². The Morgan fingerprint density at radius 2 is 1.80 bits per heavy atom. The lowest BCUT2D eigenvalue weighted by atomic mass is 9.95. The zero-order valence-electron chi connectivity index (χ0n) is 20.5. The Morgan fingerprint density at radius 1 is 1.06 bits per heavy atom. The summed E-state index contributed by atoms with van der Waals surface area (Å²) in [7, 11) is 4.93. The van der Waals surface area contributed by atoms with Gasteiger partial charge in [0.25, 0.3) is 5.91 Å². The number of aromatic amines is 1. The van der Waals surface area contributed by atoms with Crippen LogP contribution in [0.3, 0.4) is 0 Å². The zero-order chi connectivity index (χ0) is 24.5. The molecule has 186 valence electrons. The second-order valence-electron chi connectivity index (χ2n) is 9.37. The van der Waals surface area contributed by atoms with E-state index in [2.05, 4.69) is 15.3 Å². The number of aryl methyl sites for hydroxylation is 1. The molecule has 2 aliphatic rings. The maximum Gasteiger partial charge on any atom is 0.345 e. The Hall–Kier alpha value is -3.56. The number of aromatic nitrogens is 5. The van der Waals surface area contributed by atoms with E-state index in [9.17, 15) is 9.59 Å². The van der Waals surface area contributed by atoms with Crippen molar-refractivity contribution in [1.82, 2.24) is 29.4 Å². The van der Waals surface area contributed by atoms with Crippen molar-refractivity contribution < 1.29 is 14.3 Å². The molecule has 5 rings (SSSR count). The number of likely N-dealkylation sites (tertiary alicyclic amines) is 1. The molecule has 10 heteroatoms. The molecule has 3 aromatic rings. The lowest BCUT2D eigenvalue weighted by molar-refractivity contribution is 0.0703. The molecule has 1 aromatic carbocycles. The molecular weight excluding hydrogens is 448 g/mol. The number of nitrogens with zero attached hydrogens (tertiary/aromatic N) is 5. The minimum Gasteiger partial charge on any atom is -0.497 e. The molecule has 1 aliphatic heterocycles. The first-order chi connectivity index (χ1) is 17.0. The van der Waals surface area contributed by atoms with Crippen molar-refractivity contribution >= 4 is 5.91 Å². The lowest BCUT2D eigenvalue weighted by Gasteiger charge is -2.31. The molecule has 0 spiro atoms. The molecule has 1 amide bonds.